The minimum Gasteiger partial charge on any atom is -0.319 e. The number of carbonyl (C=O) groups is 2. The van der Waals surface area contributed by atoms with E-state index in [1.165, 1.54) is 12.1 Å². The molecule has 0 unspecified atom stereocenters. The average molecular weight is 371 g/mol. The van der Waals surface area contributed by atoms with Gasteiger partial charge in [-0.2, -0.15) is 0 Å². The van der Waals surface area contributed by atoms with Crippen LogP contribution < -0.4 is 5.32 Å². The van der Waals surface area contributed by atoms with Gasteiger partial charge in [-0.1, -0.05) is 17.7 Å². The Balaban J connectivity index is 1.89. The van der Waals surface area contributed by atoms with E-state index in [-0.39, 0.29) is 5.82 Å². The smallest absolute Gasteiger partial charge is 0.296 e. The van der Waals surface area contributed by atoms with Crippen molar-refractivity contribution >= 4 is 29.0 Å². The fraction of sp³-hybridized carbons (Fsp3) is 0.100. The number of nitrogens with zero attached hydrogens (tertiary/aromatic N) is 1. The molecule has 3 rings (SSSR count). The molecule has 1 N–H and O–H groups in total. The third kappa shape index (κ3) is 3.53. The van der Waals surface area contributed by atoms with E-state index in [4.69, 9.17) is 11.6 Å². The second kappa shape index (κ2) is 7.14. The predicted molar refractivity (Wildman–Crippen MR) is 99.6 cm³/mol. The van der Waals surface area contributed by atoms with Crippen LogP contribution in [0, 0.1) is 19.7 Å². The minimum absolute atomic E-state index is 0.298. The van der Waals surface area contributed by atoms with Crippen LogP contribution in [0.4, 0.5) is 10.1 Å². The molecule has 1 heterocycles. The van der Waals surface area contributed by atoms with E-state index in [9.17, 15) is 14.0 Å². The fourth-order valence-electron chi connectivity index (χ4n) is 2.86. The SMILES string of the molecule is Cc1cc(C(=O)C(=O)Nc2cccc(Cl)c2)c(C)n1-c1ccc(F)cc1. The summed E-state index contributed by atoms with van der Waals surface area (Å²) in [4.78, 5) is 24.9. The van der Waals surface area contributed by atoms with Crippen molar-refractivity contribution < 1.29 is 14.0 Å². The number of rotatable bonds is 4. The van der Waals surface area contributed by atoms with Gasteiger partial charge in [0.2, 0.25) is 0 Å². The van der Waals surface area contributed by atoms with E-state index in [0.717, 1.165) is 11.4 Å². The molecule has 1 amide bonds. The van der Waals surface area contributed by atoms with E-state index in [0.29, 0.717) is 22.0 Å². The lowest BCUT2D eigenvalue weighted by molar-refractivity contribution is -0.112. The highest BCUT2D eigenvalue weighted by atomic mass is 35.5. The van der Waals surface area contributed by atoms with E-state index in [2.05, 4.69) is 5.32 Å². The number of amides is 1. The maximum atomic E-state index is 13.2. The van der Waals surface area contributed by atoms with Crippen molar-refractivity contribution in [3.8, 4) is 5.69 Å². The lowest BCUT2D eigenvalue weighted by Gasteiger charge is -2.10. The van der Waals surface area contributed by atoms with Crippen LogP contribution in [-0.2, 0) is 4.79 Å². The first kappa shape index (κ1) is 17.9. The molecule has 0 saturated carbocycles. The molecule has 26 heavy (non-hydrogen) atoms. The molecule has 0 saturated heterocycles. The van der Waals surface area contributed by atoms with E-state index in [1.807, 2.05) is 6.92 Å². The average Bonchev–Trinajstić information content (AvgIpc) is 2.89. The van der Waals surface area contributed by atoms with E-state index >= 15 is 0 Å². The maximum Gasteiger partial charge on any atom is 0.296 e. The Morgan fingerprint density at radius 3 is 2.38 bits per heavy atom. The van der Waals surface area contributed by atoms with Gasteiger partial charge in [-0.05, 0) is 62.4 Å². The van der Waals surface area contributed by atoms with Crippen molar-refractivity contribution in [3.05, 3.63) is 82.4 Å². The first-order chi connectivity index (χ1) is 12.4. The summed E-state index contributed by atoms with van der Waals surface area (Å²) in [7, 11) is 0. The maximum absolute atomic E-state index is 13.2. The summed E-state index contributed by atoms with van der Waals surface area (Å²) in [6.45, 7) is 3.57. The molecule has 0 radical (unpaired) electrons. The zero-order valence-corrected chi connectivity index (χ0v) is 15.0. The Bertz CT molecular complexity index is 994. The second-order valence-electron chi connectivity index (χ2n) is 5.89. The number of nitrogens with one attached hydrogen (secondary N) is 1. The van der Waals surface area contributed by atoms with Crippen LogP contribution in [-0.4, -0.2) is 16.3 Å². The number of Topliss-reactive ketones (excluding diaryl/α,β-unsaturated/α-hetero) is 1. The fourth-order valence-corrected chi connectivity index (χ4v) is 3.05. The number of aromatic nitrogens is 1. The zero-order valence-electron chi connectivity index (χ0n) is 14.2. The predicted octanol–water partition coefficient (Wildman–Crippen LogP) is 4.71. The first-order valence-electron chi connectivity index (χ1n) is 7.93. The number of anilines is 1. The molecule has 132 valence electrons. The molecule has 2 aromatic carbocycles. The lowest BCUT2D eigenvalue weighted by atomic mass is 10.1. The van der Waals surface area contributed by atoms with Gasteiger partial charge in [0.25, 0.3) is 11.7 Å². The Labute approximate surface area is 155 Å². The number of halogens is 2. The van der Waals surface area contributed by atoms with Gasteiger partial charge in [-0.15, -0.1) is 0 Å². The molecule has 6 heteroatoms. The molecule has 0 aliphatic carbocycles. The van der Waals surface area contributed by atoms with Crippen LogP contribution in [0.15, 0.2) is 54.6 Å². The molecule has 0 fully saturated rings. The molecular formula is C20H16ClFN2O2. The van der Waals surface area contributed by atoms with Crippen LogP contribution in [0.5, 0.6) is 0 Å². The van der Waals surface area contributed by atoms with Crippen molar-refractivity contribution in [3.63, 3.8) is 0 Å². The number of carbonyl (C=O) groups excluding carboxylic acids is 2. The van der Waals surface area contributed by atoms with Crippen molar-refractivity contribution in [1.29, 1.82) is 0 Å². The summed E-state index contributed by atoms with van der Waals surface area (Å²) in [5, 5.41) is 3.02. The molecule has 0 spiro atoms. The van der Waals surface area contributed by atoms with Gasteiger partial charge >= 0.3 is 0 Å². The van der Waals surface area contributed by atoms with Crippen molar-refractivity contribution in [1.82, 2.24) is 4.57 Å². The van der Waals surface area contributed by atoms with Crippen molar-refractivity contribution in [2.24, 2.45) is 0 Å². The Morgan fingerprint density at radius 1 is 1.04 bits per heavy atom. The lowest BCUT2D eigenvalue weighted by Crippen LogP contribution is -2.23. The highest BCUT2D eigenvalue weighted by molar-refractivity contribution is 6.47. The zero-order chi connectivity index (χ0) is 18.8. The van der Waals surface area contributed by atoms with Gasteiger partial charge in [0.1, 0.15) is 5.82 Å². The third-order valence-corrected chi connectivity index (χ3v) is 4.28. The summed E-state index contributed by atoms with van der Waals surface area (Å²) < 4.78 is 15.0. The van der Waals surface area contributed by atoms with Crippen molar-refractivity contribution in [2.45, 2.75) is 13.8 Å². The summed E-state index contributed by atoms with van der Waals surface area (Å²) in [6.07, 6.45) is 0. The summed E-state index contributed by atoms with van der Waals surface area (Å²) in [6, 6.07) is 14.2. The molecule has 0 bridgehead atoms. The highest BCUT2D eigenvalue weighted by Gasteiger charge is 2.22. The molecule has 0 aliphatic rings. The first-order valence-corrected chi connectivity index (χ1v) is 8.31. The highest BCUT2D eigenvalue weighted by Crippen LogP contribution is 2.22. The van der Waals surface area contributed by atoms with Gasteiger partial charge < -0.3 is 9.88 Å². The number of hydrogen-bond donors (Lipinski definition) is 1. The summed E-state index contributed by atoms with van der Waals surface area (Å²) in [5.41, 5.74) is 2.85. The van der Waals surface area contributed by atoms with Crippen LogP contribution in [0.3, 0.4) is 0 Å². The summed E-state index contributed by atoms with van der Waals surface area (Å²) >= 11 is 5.89. The number of ketones is 1. The van der Waals surface area contributed by atoms with E-state index < -0.39 is 11.7 Å². The van der Waals surface area contributed by atoms with Gasteiger partial charge in [-0.25, -0.2) is 4.39 Å². The topological polar surface area (TPSA) is 51.1 Å². The van der Waals surface area contributed by atoms with Crippen LogP contribution in [0.25, 0.3) is 5.69 Å². The standard InChI is InChI=1S/C20H16ClFN2O2/c1-12-10-18(13(2)24(12)17-8-6-15(22)7-9-17)19(25)20(26)23-16-5-3-4-14(21)11-16/h3-11H,1-2H3,(H,23,26). The van der Waals surface area contributed by atoms with Crippen LogP contribution >= 0.6 is 11.6 Å². The quantitative estimate of drug-likeness (QED) is 0.534. The van der Waals surface area contributed by atoms with Crippen LogP contribution in [0.1, 0.15) is 21.7 Å². The molecule has 0 atom stereocenters. The number of aryl methyl sites for hydroxylation is 1. The normalized spacial score (nSPS) is 10.6. The summed E-state index contributed by atoms with van der Waals surface area (Å²) in [5.74, 6) is -1.73. The molecule has 1 aromatic heterocycles. The third-order valence-electron chi connectivity index (χ3n) is 4.05. The largest absolute Gasteiger partial charge is 0.319 e. The van der Waals surface area contributed by atoms with Crippen molar-refractivity contribution in [2.75, 3.05) is 5.32 Å². The Kier molecular flexibility index (Phi) is 4.91. The Morgan fingerprint density at radius 2 is 1.73 bits per heavy atom. The second-order valence-corrected chi connectivity index (χ2v) is 6.33. The van der Waals surface area contributed by atoms with E-state index in [1.54, 1.807) is 54.0 Å². The molecule has 0 aliphatic heterocycles. The van der Waals surface area contributed by atoms with Crippen LogP contribution in [0.2, 0.25) is 5.02 Å². The molecular weight excluding hydrogens is 355 g/mol. The molecule has 3 aromatic rings. The van der Waals surface area contributed by atoms with Gasteiger partial charge in [0.05, 0.1) is 0 Å². The minimum atomic E-state index is -0.744. The number of benzene rings is 2. The number of hydrogen-bond acceptors (Lipinski definition) is 2. The molecule has 4 nitrogen and oxygen atoms in total. The van der Waals surface area contributed by atoms with Gasteiger partial charge in [0, 0.05) is 33.3 Å². The van der Waals surface area contributed by atoms with Gasteiger partial charge in [0.15, 0.2) is 0 Å². The van der Waals surface area contributed by atoms with Gasteiger partial charge in [-0.3, -0.25) is 9.59 Å². The monoisotopic (exact) mass is 370 g/mol. The Hall–Kier alpha value is -2.92.